The van der Waals surface area contributed by atoms with Crippen molar-refractivity contribution in [2.45, 2.75) is 57.8 Å². The molecule has 0 N–H and O–H groups in total. The Hall–Kier alpha value is -0.520. The summed E-state index contributed by atoms with van der Waals surface area (Å²) in [6.45, 7) is 3.73. The van der Waals surface area contributed by atoms with Gasteiger partial charge in [0, 0.05) is 0 Å². The number of unbranched alkanes of at least 4 members (excludes halogenated alkanes) is 6. The van der Waals surface area contributed by atoms with E-state index in [9.17, 15) is 0 Å². The molecule has 0 amide bonds. The molecule has 13 heavy (non-hydrogen) atoms. The summed E-state index contributed by atoms with van der Waals surface area (Å²) in [6, 6.07) is 0. The summed E-state index contributed by atoms with van der Waals surface area (Å²) >= 11 is 0. The first-order valence-corrected chi connectivity index (χ1v) is 5.72. The minimum Gasteiger partial charge on any atom is -0.103 e. The van der Waals surface area contributed by atoms with E-state index in [1.165, 1.54) is 57.8 Å². The molecule has 0 heterocycles. The zero-order chi connectivity index (χ0) is 9.36. The molecule has 0 radical (unpaired) electrons. The highest BCUT2D eigenvalue weighted by atomic mass is 14.1. The molecule has 0 saturated heterocycles. The predicted molar refractivity (Wildman–Crippen MR) is 59.8 cm³/mol. The van der Waals surface area contributed by atoms with Crippen molar-refractivity contribution in [2.75, 3.05) is 0 Å². The van der Waals surface area contributed by atoms with Gasteiger partial charge in [0.05, 0.1) is 0 Å². The highest BCUT2D eigenvalue weighted by Crippen LogP contribution is 2.24. The van der Waals surface area contributed by atoms with E-state index in [0.717, 1.165) is 0 Å². The van der Waals surface area contributed by atoms with Crippen molar-refractivity contribution in [1.82, 2.24) is 0 Å². The van der Waals surface area contributed by atoms with E-state index in [2.05, 4.69) is 12.7 Å². The minimum absolute atomic E-state index is 1.20. The summed E-state index contributed by atoms with van der Waals surface area (Å²) < 4.78 is 0. The van der Waals surface area contributed by atoms with Crippen molar-refractivity contribution in [3.05, 3.63) is 24.3 Å². The van der Waals surface area contributed by atoms with Gasteiger partial charge >= 0.3 is 0 Å². The van der Waals surface area contributed by atoms with Gasteiger partial charge in [0.15, 0.2) is 0 Å². The second-order valence-corrected chi connectivity index (χ2v) is 4.02. The molecule has 0 nitrogen and oxygen atoms in total. The molecule has 0 saturated carbocycles. The van der Waals surface area contributed by atoms with Gasteiger partial charge in [-0.2, -0.15) is 0 Å². The normalized spacial score (nSPS) is 14.0. The van der Waals surface area contributed by atoms with E-state index >= 15 is 0 Å². The van der Waals surface area contributed by atoms with Crippen molar-refractivity contribution in [1.29, 1.82) is 0 Å². The molecule has 1 rings (SSSR count). The Labute approximate surface area is 82.7 Å². The van der Waals surface area contributed by atoms with Gasteiger partial charge in [-0.25, -0.2) is 0 Å². The van der Waals surface area contributed by atoms with E-state index in [1.807, 2.05) is 6.08 Å². The second kappa shape index (κ2) is 6.94. The standard InChI is InChI=1S/C13H22/c1-2-3-4-5-6-7-8-9-10-13-11-12-13/h2,11H,1,3-10,12H2. The summed E-state index contributed by atoms with van der Waals surface area (Å²) in [5, 5.41) is 0. The third kappa shape index (κ3) is 6.62. The molecule has 1 aliphatic rings. The molecule has 0 bridgehead atoms. The lowest BCUT2D eigenvalue weighted by atomic mass is 10.1. The Morgan fingerprint density at radius 3 is 2.31 bits per heavy atom. The highest BCUT2D eigenvalue weighted by molar-refractivity contribution is 5.21. The lowest BCUT2D eigenvalue weighted by Gasteiger charge is -1.99. The van der Waals surface area contributed by atoms with E-state index in [0.29, 0.717) is 0 Å². The van der Waals surface area contributed by atoms with Crippen LogP contribution in [0, 0.1) is 0 Å². The molecule has 0 fully saturated rings. The summed E-state index contributed by atoms with van der Waals surface area (Å²) in [6.07, 6.45) is 16.7. The first-order chi connectivity index (χ1) is 6.43. The van der Waals surface area contributed by atoms with Crippen LogP contribution < -0.4 is 0 Å². The van der Waals surface area contributed by atoms with Crippen LogP contribution in [0.15, 0.2) is 24.3 Å². The van der Waals surface area contributed by atoms with Crippen LogP contribution in [0.4, 0.5) is 0 Å². The summed E-state index contributed by atoms with van der Waals surface area (Å²) in [5.41, 5.74) is 1.70. The average Bonchev–Trinajstić information content (AvgIpc) is 2.93. The third-order valence-electron chi connectivity index (χ3n) is 2.65. The quantitative estimate of drug-likeness (QED) is 0.357. The Kier molecular flexibility index (Phi) is 5.64. The topological polar surface area (TPSA) is 0 Å². The number of hydrogen-bond acceptors (Lipinski definition) is 0. The summed E-state index contributed by atoms with van der Waals surface area (Å²) in [5.74, 6) is 0. The SMILES string of the molecule is C=CCCCCCCCCC1=CC1. The predicted octanol–water partition coefficient (Wildman–Crippen LogP) is 4.62. The van der Waals surface area contributed by atoms with Crippen LogP contribution >= 0.6 is 0 Å². The minimum atomic E-state index is 1.20. The van der Waals surface area contributed by atoms with Gasteiger partial charge in [-0.05, 0) is 32.1 Å². The Morgan fingerprint density at radius 2 is 1.69 bits per heavy atom. The molecule has 0 spiro atoms. The molecular weight excluding hydrogens is 156 g/mol. The molecule has 0 heteroatoms. The zero-order valence-corrected chi connectivity index (χ0v) is 8.73. The van der Waals surface area contributed by atoms with Crippen LogP contribution in [0.3, 0.4) is 0 Å². The summed E-state index contributed by atoms with van der Waals surface area (Å²) in [4.78, 5) is 0. The van der Waals surface area contributed by atoms with Crippen LogP contribution in [0.1, 0.15) is 57.8 Å². The fourth-order valence-corrected chi connectivity index (χ4v) is 1.62. The van der Waals surface area contributed by atoms with E-state index in [4.69, 9.17) is 0 Å². The third-order valence-corrected chi connectivity index (χ3v) is 2.65. The van der Waals surface area contributed by atoms with Crippen molar-refractivity contribution in [2.24, 2.45) is 0 Å². The van der Waals surface area contributed by atoms with Gasteiger partial charge in [0.2, 0.25) is 0 Å². The second-order valence-electron chi connectivity index (χ2n) is 4.02. The lowest BCUT2D eigenvalue weighted by molar-refractivity contribution is 0.598. The molecule has 0 aromatic rings. The first kappa shape index (κ1) is 10.6. The number of rotatable bonds is 9. The monoisotopic (exact) mass is 178 g/mol. The van der Waals surface area contributed by atoms with Crippen LogP contribution in [0.25, 0.3) is 0 Å². The maximum absolute atomic E-state index is 3.73. The Balaban J connectivity index is 1.68. The molecular formula is C13H22. The first-order valence-electron chi connectivity index (χ1n) is 5.72. The molecule has 1 aliphatic carbocycles. The van der Waals surface area contributed by atoms with Gasteiger partial charge in [-0.3, -0.25) is 0 Å². The van der Waals surface area contributed by atoms with Crippen LogP contribution in [-0.2, 0) is 0 Å². The maximum atomic E-state index is 3.73. The van der Waals surface area contributed by atoms with Gasteiger partial charge < -0.3 is 0 Å². The van der Waals surface area contributed by atoms with E-state index in [-0.39, 0.29) is 0 Å². The van der Waals surface area contributed by atoms with Crippen molar-refractivity contribution in [3.63, 3.8) is 0 Å². The summed E-state index contributed by atoms with van der Waals surface area (Å²) in [7, 11) is 0. The molecule has 0 atom stereocenters. The smallest absolute Gasteiger partial charge is 0.0136 e. The largest absolute Gasteiger partial charge is 0.103 e. The highest BCUT2D eigenvalue weighted by Gasteiger charge is 2.04. The molecule has 0 unspecified atom stereocenters. The fraction of sp³-hybridized carbons (Fsp3) is 0.692. The molecule has 0 aromatic heterocycles. The Bertz CT molecular complexity index is 165. The lowest BCUT2D eigenvalue weighted by Crippen LogP contribution is -1.79. The van der Waals surface area contributed by atoms with Gasteiger partial charge in [0.1, 0.15) is 0 Å². The molecule has 0 aliphatic heterocycles. The molecule has 74 valence electrons. The molecule has 0 aromatic carbocycles. The zero-order valence-electron chi connectivity index (χ0n) is 8.73. The van der Waals surface area contributed by atoms with Crippen LogP contribution in [0.5, 0.6) is 0 Å². The van der Waals surface area contributed by atoms with Crippen molar-refractivity contribution < 1.29 is 0 Å². The number of allylic oxidation sites excluding steroid dienone is 3. The van der Waals surface area contributed by atoms with E-state index in [1.54, 1.807) is 5.57 Å². The number of hydrogen-bond donors (Lipinski definition) is 0. The van der Waals surface area contributed by atoms with Gasteiger partial charge in [0.25, 0.3) is 0 Å². The fourth-order valence-electron chi connectivity index (χ4n) is 1.62. The van der Waals surface area contributed by atoms with Crippen molar-refractivity contribution >= 4 is 0 Å². The van der Waals surface area contributed by atoms with Crippen molar-refractivity contribution in [3.8, 4) is 0 Å². The van der Waals surface area contributed by atoms with Gasteiger partial charge in [-0.15, -0.1) is 6.58 Å². The maximum Gasteiger partial charge on any atom is -0.0136 e. The van der Waals surface area contributed by atoms with Gasteiger partial charge in [-0.1, -0.05) is 43.4 Å². The average molecular weight is 178 g/mol. The van der Waals surface area contributed by atoms with Crippen LogP contribution in [-0.4, -0.2) is 0 Å². The van der Waals surface area contributed by atoms with Crippen LogP contribution in [0.2, 0.25) is 0 Å². The Morgan fingerprint density at radius 1 is 1.08 bits per heavy atom. The van der Waals surface area contributed by atoms with E-state index < -0.39 is 0 Å².